The highest BCUT2D eigenvalue weighted by Gasteiger charge is 2.34. The molecule has 1 N–H and O–H groups in total. The van der Waals surface area contributed by atoms with Crippen LogP contribution in [0.15, 0.2) is 46.9 Å². The minimum absolute atomic E-state index is 0.157. The van der Waals surface area contributed by atoms with Gasteiger partial charge in [0, 0.05) is 22.1 Å². The lowest BCUT2D eigenvalue weighted by molar-refractivity contribution is -0.143. The van der Waals surface area contributed by atoms with Gasteiger partial charge in [0.05, 0.1) is 26.2 Å². The molecule has 2 atom stereocenters. The Morgan fingerprint density at radius 3 is 2.56 bits per heavy atom. The third kappa shape index (κ3) is 4.28. The Morgan fingerprint density at radius 2 is 1.85 bits per heavy atom. The first-order valence-electron chi connectivity index (χ1n) is 8.98. The topological polar surface area (TPSA) is 59.0 Å². The predicted octanol–water partition coefficient (Wildman–Crippen LogP) is 4.35. The highest BCUT2D eigenvalue weighted by atomic mass is 79.9. The van der Waals surface area contributed by atoms with E-state index in [1.807, 2.05) is 42.5 Å². The maximum Gasteiger partial charge on any atom is 0.307 e. The van der Waals surface area contributed by atoms with Gasteiger partial charge in [-0.3, -0.25) is 9.69 Å². The van der Waals surface area contributed by atoms with Gasteiger partial charge in [0.2, 0.25) is 0 Å². The maximum atomic E-state index is 11.6. The molecule has 27 heavy (non-hydrogen) atoms. The van der Waals surface area contributed by atoms with Crippen LogP contribution >= 0.6 is 15.9 Å². The number of rotatable bonds is 6. The van der Waals surface area contributed by atoms with Crippen LogP contribution in [0.4, 0.5) is 0 Å². The zero-order valence-electron chi connectivity index (χ0n) is 15.5. The van der Waals surface area contributed by atoms with E-state index in [4.69, 9.17) is 9.47 Å². The monoisotopic (exact) mass is 433 g/mol. The molecule has 2 unspecified atom stereocenters. The van der Waals surface area contributed by atoms with Crippen LogP contribution in [0.25, 0.3) is 0 Å². The van der Waals surface area contributed by atoms with Crippen LogP contribution in [-0.2, 0) is 4.79 Å². The quantitative estimate of drug-likeness (QED) is 0.733. The summed E-state index contributed by atoms with van der Waals surface area (Å²) in [6.07, 6.45) is 1.55. The number of hydrogen-bond donors (Lipinski definition) is 1. The molecule has 3 rings (SSSR count). The molecule has 0 saturated carbocycles. The summed E-state index contributed by atoms with van der Waals surface area (Å²) in [7, 11) is 3.31. The van der Waals surface area contributed by atoms with E-state index in [2.05, 4.69) is 20.8 Å². The Kier molecular flexibility index (Phi) is 6.39. The molecule has 1 aliphatic rings. The fourth-order valence-electron chi connectivity index (χ4n) is 3.81. The first kappa shape index (κ1) is 19.7. The normalized spacial score (nSPS) is 18.7. The van der Waals surface area contributed by atoms with E-state index in [9.17, 15) is 9.90 Å². The van der Waals surface area contributed by atoms with Gasteiger partial charge in [-0.15, -0.1) is 0 Å². The molecule has 6 heteroatoms. The molecule has 0 aromatic heterocycles. The largest absolute Gasteiger partial charge is 0.496 e. The lowest BCUT2D eigenvalue weighted by Crippen LogP contribution is -2.41. The lowest BCUT2D eigenvalue weighted by atomic mass is 9.90. The number of nitrogens with zero attached hydrogens (tertiary/aromatic N) is 1. The van der Waals surface area contributed by atoms with Crippen LogP contribution in [-0.4, -0.2) is 43.3 Å². The fourth-order valence-corrected chi connectivity index (χ4v) is 4.19. The van der Waals surface area contributed by atoms with Crippen molar-refractivity contribution in [3.8, 4) is 11.5 Å². The van der Waals surface area contributed by atoms with Crippen molar-refractivity contribution in [2.45, 2.75) is 18.9 Å². The minimum atomic E-state index is -0.736. The summed E-state index contributed by atoms with van der Waals surface area (Å²) >= 11 is 3.56. The molecule has 0 spiro atoms. The summed E-state index contributed by atoms with van der Waals surface area (Å²) in [5, 5.41) is 9.54. The summed E-state index contributed by atoms with van der Waals surface area (Å²) in [5.74, 6) is 0.447. The third-order valence-electron chi connectivity index (χ3n) is 5.09. The van der Waals surface area contributed by atoms with Gasteiger partial charge in [-0.1, -0.05) is 34.1 Å². The van der Waals surface area contributed by atoms with Gasteiger partial charge < -0.3 is 14.6 Å². The molecule has 0 bridgehead atoms. The third-order valence-corrected chi connectivity index (χ3v) is 5.58. The summed E-state index contributed by atoms with van der Waals surface area (Å²) in [6.45, 7) is 1.32. The molecule has 1 fully saturated rings. The Labute approximate surface area is 168 Å². The van der Waals surface area contributed by atoms with Crippen molar-refractivity contribution < 1.29 is 19.4 Å². The molecule has 1 aliphatic heterocycles. The van der Waals surface area contributed by atoms with Crippen molar-refractivity contribution >= 4 is 21.9 Å². The number of ether oxygens (including phenoxy) is 2. The standard InChI is InChI=1S/C21H24BrNO4/c1-26-18-8-4-3-7-16(18)20(17-12-15(22)9-10-19(17)27-2)23-11-5-6-14(13-23)21(24)25/h3-4,7-10,12,14,20H,5-6,11,13H2,1-2H3,(H,24,25). The number of para-hydroxylation sites is 1. The average molecular weight is 434 g/mol. The maximum absolute atomic E-state index is 11.6. The van der Waals surface area contributed by atoms with Crippen LogP contribution in [0.3, 0.4) is 0 Å². The number of benzene rings is 2. The van der Waals surface area contributed by atoms with Crippen molar-refractivity contribution in [3.05, 3.63) is 58.1 Å². The summed E-state index contributed by atoms with van der Waals surface area (Å²) in [4.78, 5) is 13.8. The summed E-state index contributed by atoms with van der Waals surface area (Å²) in [6, 6.07) is 13.6. The van der Waals surface area contributed by atoms with E-state index in [-0.39, 0.29) is 12.0 Å². The highest BCUT2D eigenvalue weighted by Crippen LogP contribution is 2.41. The smallest absolute Gasteiger partial charge is 0.307 e. The predicted molar refractivity (Wildman–Crippen MR) is 107 cm³/mol. The molecule has 0 aliphatic carbocycles. The Hall–Kier alpha value is -2.05. The van der Waals surface area contributed by atoms with Gasteiger partial charge in [0.25, 0.3) is 0 Å². The number of piperidine rings is 1. The Bertz CT molecular complexity index is 811. The van der Waals surface area contributed by atoms with Gasteiger partial charge in [0.1, 0.15) is 11.5 Å². The molecular weight excluding hydrogens is 410 g/mol. The second-order valence-corrected chi connectivity index (χ2v) is 7.62. The minimum Gasteiger partial charge on any atom is -0.496 e. The molecule has 2 aromatic carbocycles. The number of methoxy groups -OCH3 is 2. The number of carbonyl (C=O) groups is 1. The molecule has 0 amide bonds. The molecule has 0 radical (unpaired) electrons. The van der Waals surface area contributed by atoms with Crippen LogP contribution < -0.4 is 9.47 Å². The second-order valence-electron chi connectivity index (χ2n) is 6.70. The van der Waals surface area contributed by atoms with E-state index in [0.29, 0.717) is 13.0 Å². The van der Waals surface area contributed by atoms with Crippen molar-refractivity contribution in [3.63, 3.8) is 0 Å². The van der Waals surface area contributed by atoms with E-state index >= 15 is 0 Å². The Morgan fingerprint density at radius 1 is 1.15 bits per heavy atom. The van der Waals surface area contributed by atoms with Crippen molar-refractivity contribution in [2.24, 2.45) is 5.92 Å². The molecule has 1 heterocycles. The number of aliphatic carboxylic acids is 1. The molecule has 144 valence electrons. The number of carboxylic acids is 1. The summed E-state index contributed by atoms with van der Waals surface area (Å²) in [5.41, 5.74) is 1.99. The molecular formula is C21H24BrNO4. The summed E-state index contributed by atoms with van der Waals surface area (Å²) < 4.78 is 12.2. The van der Waals surface area contributed by atoms with Gasteiger partial charge in [0.15, 0.2) is 0 Å². The average Bonchev–Trinajstić information content (AvgIpc) is 2.69. The first-order valence-corrected chi connectivity index (χ1v) is 9.77. The molecule has 1 saturated heterocycles. The second kappa shape index (κ2) is 8.76. The number of hydrogen-bond acceptors (Lipinski definition) is 4. The van der Waals surface area contributed by atoms with Crippen molar-refractivity contribution in [1.29, 1.82) is 0 Å². The van der Waals surface area contributed by atoms with E-state index in [0.717, 1.165) is 40.1 Å². The van der Waals surface area contributed by atoms with E-state index < -0.39 is 5.97 Å². The number of halogens is 1. The van der Waals surface area contributed by atoms with Crippen LogP contribution in [0.5, 0.6) is 11.5 Å². The van der Waals surface area contributed by atoms with Gasteiger partial charge in [-0.25, -0.2) is 0 Å². The molecule has 5 nitrogen and oxygen atoms in total. The fraction of sp³-hybridized carbons (Fsp3) is 0.381. The van der Waals surface area contributed by atoms with Gasteiger partial charge in [-0.2, -0.15) is 0 Å². The first-order chi connectivity index (χ1) is 13.0. The highest BCUT2D eigenvalue weighted by molar-refractivity contribution is 9.10. The van der Waals surface area contributed by atoms with Crippen molar-refractivity contribution in [1.82, 2.24) is 4.90 Å². The zero-order chi connectivity index (χ0) is 19.4. The van der Waals surface area contributed by atoms with Crippen LogP contribution in [0, 0.1) is 5.92 Å². The van der Waals surface area contributed by atoms with E-state index in [1.165, 1.54) is 0 Å². The van der Waals surface area contributed by atoms with Gasteiger partial charge in [-0.05, 0) is 43.7 Å². The molecule has 2 aromatic rings. The SMILES string of the molecule is COc1ccccc1C(c1cc(Br)ccc1OC)N1CCCC(C(=O)O)C1. The van der Waals surface area contributed by atoms with Gasteiger partial charge >= 0.3 is 5.97 Å². The van der Waals surface area contributed by atoms with E-state index in [1.54, 1.807) is 14.2 Å². The van der Waals surface area contributed by atoms with Crippen LogP contribution in [0.1, 0.15) is 30.0 Å². The van der Waals surface area contributed by atoms with Crippen LogP contribution in [0.2, 0.25) is 0 Å². The lowest BCUT2D eigenvalue weighted by Gasteiger charge is -2.38. The number of carboxylic acid groups (broad SMARTS) is 1. The number of likely N-dealkylation sites (tertiary alicyclic amines) is 1. The zero-order valence-corrected chi connectivity index (χ0v) is 17.1. The Balaban J connectivity index is 2.12. The van der Waals surface area contributed by atoms with Crippen molar-refractivity contribution in [2.75, 3.05) is 27.3 Å².